The molecule has 8 nitrogen and oxygen atoms in total. The van der Waals surface area contributed by atoms with Crippen molar-refractivity contribution in [2.45, 2.75) is 24.9 Å². The molecule has 0 radical (unpaired) electrons. The maximum atomic E-state index is 13.9. The predicted molar refractivity (Wildman–Crippen MR) is 112 cm³/mol. The molecule has 31 heavy (non-hydrogen) atoms. The van der Waals surface area contributed by atoms with E-state index in [1.54, 1.807) is 25.4 Å². The second-order valence-electron chi connectivity index (χ2n) is 7.24. The Bertz CT molecular complexity index is 1120. The number of pyridine rings is 1. The summed E-state index contributed by atoms with van der Waals surface area (Å²) in [6.45, 7) is 1.59. The van der Waals surface area contributed by atoms with E-state index in [2.05, 4.69) is 10.1 Å². The number of nitrogens with zero attached hydrogens (tertiary/aromatic N) is 3. The van der Waals surface area contributed by atoms with E-state index in [-0.39, 0.29) is 34.8 Å². The first kappa shape index (κ1) is 21.8. The quantitative estimate of drug-likeness (QED) is 0.388. The summed E-state index contributed by atoms with van der Waals surface area (Å²) in [4.78, 5) is 4.15. The zero-order valence-corrected chi connectivity index (χ0v) is 17.8. The Morgan fingerprint density at radius 1 is 1.32 bits per heavy atom. The maximum absolute atomic E-state index is 13.9. The molecule has 0 amide bonds. The highest BCUT2D eigenvalue weighted by Crippen LogP contribution is 2.37. The highest BCUT2D eigenvalue weighted by molar-refractivity contribution is 6.36. The van der Waals surface area contributed by atoms with Gasteiger partial charge in [-0.2, -0.15) is 5.10 Å². The van der Waals surface area contributed by atoms with Crippen molar-refractivity contribution in [3.8, 4) is 16.9 Å². The molecule has 1 aliphatic heterocycles. The first-order valence-electron chi connectivity index (χ1n) is 9.30. The van der Waals surface area contributed by atoms with Crippen LogP contribution < -0.4 is 10.5 Å². The Morgan fingerprint density at radius 3 is 2.81 bits per heavy atom. The number of nitrogen functional groups attached to an aromatic ring is 1. The van der Waals surface area contributed by atoms with Gasteiger partial charge in [0.15, 0.2) is 11.6 Å². The third-order valence-corrected chi connectivity index (χ3v) is 5.76. The van der Waals surface area contributed by atoms with E-state index >= 15 is 0 Å². The number of halogens is 3. The summed E-state index contributed by atoms with van der Waals surface area (Å²) in [5.41, 5.74) is 7.53. The van der Waals surface area contributed by atoms with Crippen molar-refractivity contribution in [2.24, 2.45) is 0 Å². The van der Waals surface area contributed by atoms with Crippen LogP contribution in [0.1, 0.15) is 24.6 Å². The van der Waals surface area contributed by atoms with Gasteiger partial charge in [-0.3, -0.25) is 4.68 Å². The van der Waals surface area contributed by atoms with Gasteiger partial charge in [0.2, 0.25) is 5.79 Å². The van der Waals surface area contributed by atoms with Crippen molar-refractivity contribution >= 4 is 29.0 Å². The summed E-state index contributed by atoms with van der Waals surface area (Å²) >= 11 is 12.2. The van der Waals surface area contributed by atoms with Crippen LogP contribution in [0, 0.1) is 5.82 Å². The number of hydrogen-bond donors (Lipinski definition) is 3. The third-order valence-electron chi connectivity index (χ3n) is 5.05. The molecular formula is C20H19Cl2FN4O4. The molecule has 0 bridgehead atoms. The van der Waals surface area contributed by atoms with Gasteiger partial charge in [-0.25, -0.2) is 9.37 Å². The average molecular weight is 469 g/mol. The lowest BCUT2D eigenvalue weighted by Gasteiger charge is -2.21. The Labute approximate surface area is 186 Å². The first-order valence-corrected chi connectivity index (χ1v) is 10.1. The van der Waals surface area contributed by atoms with Crippen LogP contribution in [0.15, 0.2) is 36.8 Å². The molecule has 11 heteroatoms. The highest BCUT2D eigenvalue weighted by Gasteiger charge is 2.42. The lowest BCUT2D eigenvalue weighted by Crippen LogP contribution is -2.38. The Hall–Kier alpha value is -2.43. The van der Waals surface area contributed by atoms with E-state index in [0.29, 0.717) is 16.7 Å². The number of rotatable bonds is 5. The summed E-state index contributed by atoms with van der Waals surface area (Å²) in [6, 6.07) is 3.49. The molecular weight excluding hydrogens is 450 g/mol. The summed E-state index contributed by atoms with van der Waals surface area (Å²) in [6.07, 6.45) is 4.01. The topological polar surface area (TPSA) is 116 Å². The summed E-state index contributed by atoms with van der Waals surface area (Å²) in [5.74, 6) is -2.24. The van der Waals surface area contributed by atoms with Gasteiger partial charge >= 0.3 is 0 Å². The lowest BCUT2D eigenvalue weighted by molar-refractivity contribution is -0.179. The second-order valence-corrected chi connectivity index (χ2v) is 8.03. The molecule has 2 atom stereocenters. The molecule has 0 aliphatic carbocycles. The van der Waals surface area contributed by atoms with Crippen molar-refractivity contribution in [2.75, 3.05) is 18.9 Å². The number of anilines is 1. The minimum Gasteiger partial charge on any atom is -0.482 e. The van der Waals surface area contributed by atoms with Crippen molar-refractivity contribution in [1.82, 2.24) is 14.8 Å². The second kappa shape index (κ2) is 8.25. The van der Waals surface area contributed by atoms with Crippen LogP contribution in [-0.2, 0) is 4.74 Å². The summed E-state index contributed by atoms with van der Waals surface area (Å²) in [5, 5.41) is 24.4. The normalized spacial score (nSPS) is 18.8. The monoisotopic (exact) mass is 468 g/mol. The molecule has 164 valence electrons. The Morgan fingerprint density at radius 2 is 2.10 bits per heavy atom. The zero-order valence-electron chi connectivity index (χ0n) is 16.3. The van der Waals surface area contributed by atoms with Crippen molar-refractivity contribution in [1.29, 1.82) is 0 Å². The molecule has 4 N–H and O–H groups in total. The molecule has 4 rings (SSSR count). The van der Waals surface area contributed by atoms with Crippen LogP contribution >= 0.6 is 23.2 Å². The number of hydrogen-bond acceptors (Lipinski definition) is 7. The van der Waals surface area contributed by atoms with E-state index < -0.39 is 23.8 Å². The largest absolute Gasteiger partial charge is 0.482 e. The van der Waals surface area contributed by atoms with Gasteiger partial charge in [0.1, 0.15) is 24.6 Å². The maximum Gasteiger partial charge on any atom is 0.212 e. The number of nitrogens with two attached hydrogens (primary N) is 1. The predicted octanol–water partition coefficient (Wildman–Crippen LogP) is 3.37. The van der Waals surface area contributed by atoms with Crippen LogP contribution in [0.3, 0.4) is 0 Å². The molecule has 0 saturated carbocycles. The van der Waals surface area contributed by atoms with Crippen molar-refractivity contribution in [3.05, 3.63) is 58.2 Å². The van der Waals surface area contributed by atoms with Gasteiger partial charge in [-0.05, 0) is 25.1 Å². The summed E-state index contributed by atoms with van der Waals surface area (Å²) in [7, 11) is 0. The van der Waals surface area contributed by atoms with E-state index in [1.165, 1.54) is 23.0 Å². The number of aromatic nitrogens is 3. The Balaban J connectivity index is 1.61. The molecule has 1 aliphatic rings. The average Bonchev–Trinajstić information content (AvgIpc) is 3.32. The van der Waals surface area contributed by atoms with Gasteiger partial charge in [-0.15, -0.1) is 0 Å². The first-order chi connectivity index (χ1) is 14.7. The third kappa shape index (κ3) is 4.19. The van der Waals surface area contributed by atoms with E-state index in [4.69, 9.17) is 38.4 Å². The van der Waals surface area contributed by atoms with Crippen LogP contribution in [-0.4, -0.2) is 44.0 Å². The molecule has 3 aromatic rings. The van der Waals surface area contributed by atoms with E-state index in [0.717, 1.165) is 0 Å². The van der Waals surface area contributed by atoms with Crippen LogP contribution in [0.4, 0.5) is 10.2 Å². The molecule has 3 heterocycles. The molecule has 1 fully saturated rings. The summed E-state index contributed by atoms with van der Waals surface area (Å²) < 4.78 is 26.3. The lowest BCUT2D eigenvalue weighted by atomic mass is 10.1. The fraction of sp³-hybridized carbons (Fsp3) is 0.300. The van der Waals surface area contributed by atoms with Crippen LogP contribution in [0.5, 0.6) is 5.75 Å². The molecule has 1 aromatic carbocycles. The van der Waals surface area contributed by atoms with E-state index in [1.807, 2.05) is 0 Å². The van der Waals surface area contributed by atoms with Gasteiger partial charge in [0, 0.05) is 34.1 Å². The number of benzene rings is 1. The van der Waals surface area contributed by atoms with Crippen LogP contribution in [0.2, 0.25) is 10.0 Å². The SMILES string of the molecule is CC(Oc1cc(-c2cnn(C3COCC3(O)O)c2)cnc1N)c1c(Cl)ccc(F)c1Cl. The van der Waals surface area contributed by atoms with Gasteiger partial charge in [0.05, 0.1) is 17.8 Å². The standard InChI is InChI=1S/C20H19Cl2FN4O4/c1-10(17-13(21)2-3-14(23)18(17)22)31-15-4-11(5-25-19(15)24)12-6-26-27(7-12)16-8-30-9-20(16,28)29/h2-7,10,16,28-29H,8-9H2,1H3,(H2,24,25). The van der Waals surface area contributed by atoms with Gasteiger partial charge < -0.3 is 25.4 Å². The molecule has 2 aromatic heterocycles. The smallest absolute Gasteiger partial charge is 0.212 e. The minimum absolute atomic E-state index is 0.120. The van der Waals surface area contributed by atoms with Crippen molar-refractivity contribution < 1.29 is 24.1 Å². The molecule has 2 unspecified atom stereocenters. The fourth-order valence-electron chi connectivity index (χ4n) is 3.37. The Kier molecular flexibility index (Phi) is 5.80. The van der Waals surface area contributed by atoms with Gasteiger partial charge in [-0.1, -0.05) is 23.2 Å². The number of aliphatic hydroxyl groups is 2. The zero-order chi connectivity index (χ0) is 22.3. The minimum atomic E-state index is -2.00. The van der Waals surface area contributed by atoms with Gasteiger partial charge in [0.25, 0.3) is 0 Å². The van der Waals surface area contributed by atoms with Crippen molar-refractivity contribution in [3.63, 3.8) is 0 Å². The molecule has 1 saturated heterocycles. The molecule has 0 spiro atoms. The van der Waals surface area contributed by atoms with Crippen LogP contribution in [0.25, 0.3) is 11.1 Å². The fourth-order valence-corrected chi connectivity index (χ4v) is 4.05. The highest BCUT2D eigenvalue weighted by atomic mass is 35.5. The van der Waals surface area contributed by atoms with E-state index in [9.17, 15) is 14.6 Å². The number of ether oxygens (including phenoxy) is 2.